The predicted octanol–water partition coefficient (Wildman–Crippen LogP) is 3.43. The van der Waals surface area contributed by atoms with Crippen molar-refractivity contribution in [2.75, 3.05) is 0 Å². The van der Waals surface area contributed by atoms with Gasteiger partial charge in [0.25, 0.3) is 5.95 Å². The number of halogens is 6. The third kappa shape index (κ3) is 2.58. The van der Waals surface area contributed by atoms with Gasteiger partial charge in [-0.2, -0.15) is 9.37 Å². The van der Waals surface area contributed by atoms with Crippen LogP contribution in [0.15, 0.2) is 23.1 Å². The Balaban J connectivity index is 2.59. The molecular weight excluding hydrogens is 387 g/mol. The van der Waals surface area contributed by atoms with E-state index in [-0.39, 0.29) is 6.07 Å². The minimum atomic E-state index is -1.78. The summed E-state index contributed by atoms with van der Waals surface area (Å²) in [6.45, 7) is 0. The number of aromatic carboxylic acids is 1. The number of carboxylic acid groups (broad SMARTS) is 1. The first-order valence-electron chi connectivity index (χ1n) is 6.61. The summed E-state index contributed by atoms with van der Waals surface area (Å²) in [5.41, 5.74) is -2.89. The number of nitrogens with zero attached hydrogens (tertiary/aromatic N) is 2. The van der Waals surface area contributed by atoms with Gasteiger partial charge < -0.3 is 5.11 Å². The fraction of sp³-hybridized carbons (Fsp3) is 0. The molecule has 0 spiro atoms. The summed E-state index contributed by atoms with van der Waals surface area (Å²) in [4.78, 5) is 26.4. The quantitative estimate of drug-likeness (QED) is 0.413. The highest BCUT2D eigenvalue weighted by Crippen LogP contribution is 2.30. The summed E-state index contributed by atoms with van der Waals surface area (Å²) >= 11 is 5.67. The third-order valence-corrected chi connectivity index (χ3v) is 3.80. The summed E-state index contributed by atoms with van der Waals surface area (Å²) in [7, 11) is 0. The molecular formula is C15H4ClF5N2O3. The molecule has 2 aromatic heterocycles. The first-order valence-corrected chi connectivity index (χ1v) is 6.99. The van der Waals surface area contributed by atoms with Crippen molar-refractivity contribution in [3.8, 4) is 5.82 Å². The van der Waals surface area contributed by atoms with Gasteiger partial charge >= 0.3 is 5.97 Å². The molecule has 0 saturated heterocycles. The van der Waals surface area contributed by atoms with Crippen LogP contribution in [0.5, 0.6) is 0 Å². The van der Waals surface area contributed by atoms with Crippen molar-refractivity contribution in [2.45, 2.75) is 0 Å². The van der Waals surface area contributed by atoms with E-state index in [9.17, 15) is 31.5 Å². The normalized spacial score (nSPS) is 11.2. The average Bonchev–Trinajstić information content (AvgIpc) is 2.57. The Morgan fingerprint density at radius 1 is 1.08 bits per heavy atom. The van der Waals surface area contributed by atoms with Crippen molar-refractivity contribution < 1.29 is 31.9 Å². The number of fused-ring (bicyclic) bond motifs is 1. The fourth-order valence-electron chi connectivity index (χ4n) is 2.31. The molecule has 0 aliphatic rings. The van der Waals surface area contributed by atoms with Gasteiger partial charge in [-0.3, -0.25) is 9.36 Å². The second-order valence-electron chi connectivity index (χ2n) is 5.00. The number of carboxylic acids is 1. The zero-order valence-electron chi connectivity index (χ0n) is 12.2. The number of aromatic nitrogens is 2. The molecule has 0 aliphatic heterocycles. The molecule has 0 saturated carbocycles. The number of hydrogen-bond donors (Lipinski definition) is 1. The van der Waals surface area contributed by atoms with Crippen LogP contribution in [0, 0.1) is 29.2 Å². The lowest BCUT2D eigenvalue weighted by molar-refractivity contribution is 0.0695. The van der Waals surface area contributed by atoms with Gasteiger partial charge in [0.2, 0.25) is 5.43 Å². The molecule has 0 amide bonds. The maximum Gasteiger partial charge on any atom is 0.341 e. The largest absolute Gasteiger partial charge is 0.477 e. The van der Waals surface area contributed by atoms with Crippen molar-refractivity contribution in [1.29, 1.82) is 0 Å². The molecule has 2 heterocycles. The molecule has 0 aliphatic carbocycles. The number of hydrogen-bond acceptors (Lipinski definition) is 3. The van der Waals surface area contributed by atoms with Crippen molar-refractivity contribution >= 4 is 28.5 Å². The Bertz CT molecular complexity index is 1160. The van der Waals surface area contributed by atoms with E-state index in [0.29, 0.717) is 16.8 Å². The fourth-order valence-corrected chi connectivity index (χ4v) is 2.60. The van der Waals surface area contributed by atoms with Gasteiger partial charge in [0.15, 0.2) is 29.1 Å². The first kappa shape index (κ1) is 17.8. The Morgan fingerprint density at radius 3 is 2.35 bits per heavy atom. The van der Waals surface area contributed by atoms with Crippen LogP contribution in [0.2, 0.25) is 5.02 Å². The van der Waals surface area contributed by atoms with E-state index in [1.54, 1.807) is 0 Å². The van der Waals surface area contributed by atoms with Crippen LogP contribution in [0.25, 0.3) is 16.7 Å². The van der Waals surface area contributed by atoms with E-state index >= 15 is 0 Å². The van der Waals surface area contributed by atoms with Crippen LogP contribution < -0.4 is 5.43 Å². The van der Waals surface area contributed by atoms with Crippen LogP contribution in [0.4, 0.5) is 22.0 Å². The molecule has 0 radical (unpaired) electrons. The summed E-state index contributed by atoms with van der Waals surface area (Å²) in [5.74, 6) is -10.8. The lowest BCUT2D eigenvalue weighted by atomic mass is 10.1. The van der Waals surface area contributed by atoms with Gasteiger partial charge in [0.1, 0.15) is 10.6 Å². The zero-order valence-corrected chi connectivity index (χ0v) is 12.9. The van der Waals surface area contributed by atoms with Crippen LogP contribution in [0.1, 0.15) is 10.4 Å². The lowest BCUT2D eigenvalue weighted by Crippen LogP contribution is -2.20. The lowest BCUT2D eigenvalue weighted by Gasteiger charge is -2.14. The van der Waals surface area contributed by atoms with Crippen LogP contribution in [0.3, 0.4) is 0 Å². The summed E-state index contributed by atoms with van der Waals surface area (Å²) < 4.78 is 68.4. The van der Waals surface area contributed by atoms with E-state index < -0.39 is 67.9 Å². The van der Waals surface area contributed by atoms with Crippen molar-refractivity contribution in [1.82, 2.24) is 9.55 Å². The molecule has 1 aromatic carbocycles. The van der Waals surface area contributed by atoms with Crippen molar-refractivity contribution in [3.05, 3.63) is 68.4 Å². The summed E-state index contributed by atoms with van der Waals surface area (Å²) in [6.07, 6.45) is 0.499. The highest BCUT2D eigenvalue weighted by Gasteiger charge is 2.24. The summed E-state index contributed by atoms with van der Waals surface area (Å²) in [5, 5.41) is 7.37. The second-order valence-corrected chi connectivity index (χ2v) is 5.37. The Labute approximate surface area is 144 Å². The molecule has 0 unspecified atom stereocenters. The topological polar surface area (TPSA) is 72.2 Å². The van der Waals surface area contributed by atoms with Crippen LogP contribution in [-0.2, 0) is 0 Å². The summed E-state index contributed by atoms with van der Waals surface area (Å²) in [6, 6.07) is 0.468. The minimum absolute atomic E-state index is 0.107. The average molecular weight is 391 g/mol. The minimum Gasteiger partial charge on any atom is -0.477 e. The molecule has 0 atom stereocenters. The molecule has 3 rings (SSSR count). The number of benzene rings is 1. The number of carbonyl (C=O) groups is 1. The van der Waals surface area contributed by atoms with Gasteiger partial charge in [-0.1, -0.05) is 11.6 Å². The smallest absolute Gasteiger partial charge is 0.341 e. The van der Waals surface area contributed by atoms with Gasteiger partial charge in [-0.05, 0) is 6.07 Å². The van der Waals surface area contributed by atoms with E-state index in [1.165, 1.54) is 0 Å². The SMILES string of the molecule is O=C(O)c1cn(-c2nc(F)c(F)cc2F)c2c(Cl)c(F)c(F)cc2c1=O. The highest BCUT2D eigenvalue weighted by molar-refractivity contribution is 6.35. The van der Waals surface area contributed by atoms with Gasteiger partial charge in [0, 0.05) is 12.3 Å². The highest BCUT2D eigenvalue weighted by atomic mass is 35.5. The maximum absolute atomic E-state index is 14.1. The molecule has 5 nitrogen and oxygen atoms in total. The maximum atomic E-state index is 14.1. The van der Waals surface area contributed by atoms with E-state index in [1.807, 2.05) is 0 Å². The van der Waals surface area contributed by atoms with Gasteiger partial charge in [-0.25, -0.2) is 22.4 Å². The van der Waals surface area contributed by atoms with Crippen molar-refractivity contribution in [3.63, 3.8) is 0 Å². The van der Waals surface area contributed by atoms with E-state index in [2.05, 4.69) is 4.98 Å². The van der Waals surface area contributed by atoms with Gasteiger partial charge in [0.05, 0.1) is 10.9 Å². The van der Waals surface area contributed by atoms with E-state index in [4.69, 9.17) is 16.7 Å². The monoisotopic (exact) mass is 390 g/mol. The molecule has 0 bridgehead atoms. The molecule has 26 heavy (non-hydrogen) atoms. The number of pyridine rings is 2. The zero-order chi connectivity index (χ0) is 19.3. The predicted molar refractivity (Wildman–Crippen MR) is 79.1 cm³/mol. The van der Waals surface area contributed by atoms with E-state index in [0.717, 1.165) is 0 Å². The molecule has 134 valence electrons. The molecule has 1 N–H and O–H groups in total. The number of rotatable bonds is 2. The molecule has 3 aromatic rings. The Morgan fingerprint density at radius 2 is 1.73 bits per heavy atom. The molecule has 11 heteroatoms. The standard InChI is InChI=1S/C15H4ClF5N2O3/c16-9-10(20)6(17)1-4-11(9)23(3-5(12(4)24)15(25)26)14-8(19)2-7(18)13(21)22-14/h1-3H,(H,25,26). The Hall–Kier alpha value is -3.01. The third-order valence-electron chi connectivity index (χ3n) is 3.45. The van der Waals surface area contributed by atoms with Crippen LogP contribution >= 0.6 is 11.6 Å². The van der Waals surface area contributed by atoms with Gasteiger partial charge in [-0.15, -0.1) is 0 Å². The molecule has 0 fully saturated rings. The first-order chi connectivity index (χ1) is 12.1. The van der Waals surface area contributed by atoms with Crippen molar-refractivity contribution in [2.24, 2.45) is 0 Å². The van der Waals surface area contributed by atoms with Crippen LogP contribution in [-0.4, -0.2) is 20.6 Å². The second kappa shape index (κ2) is 6.06. The Kier molecular flexibility index (Phi) is 4.15.